The van der Waals surface area contributed by atoms with Crippen LogP contribution in [0.1, 0.15) is 44.3 Å². The van der Waals surface area contributed by atoms with Crippen LogP contribution in [0.4, 0.5) is 22.7 Å². The predicted octanol–water partition coefficient (Wildman–Crippen LogP) is 4.08. The number of carbonyl (C=O) groups excluding carboxylic acids is 3. The lowest BCUT2D eigenvalue weighted by atomic mass is 9.81. The summed E-state index contributed by atoms with van der Waals surface area (Å²) in [5.74, 6) is -0.549. The van der Waals surface area contributed by atoms with Crippen molar-refractivity contribution in [1.29, 1.82) is 0 Å². The highest BCUT2D eigenvalue weighted by molar-refractivity contribution is 6.32. The number of anilines is 4. The number of hydrogen-bond donors (Lipinski definition) is 2. The minimum Gasteiger partial charge on any atom is -0.398 e. The van der Waals surface area contributed by atoms with Gasteiger partial charge in [0.25, 0.3) is 0 Å². The van der Waals surface area contributed by atoms with Crippen molar-refractivity contribution in [1.82, 2.24) is 0 Å². The number of nitrogens with zero attached hydrogens (tertiary/aromatic N) is 1. The third kappa shape index (κ3) is 3.03. The van der Waals surface area contributed by atoms with Crippen molar-refractivity contribution in [3.63, 3.8) is 0 Å². The summed E-state index contributed by atoms with van der Waals surface area (Å²) in [6.45, 7) is 3.31. The number of aryl methyl sites for hydroxylation is 1. The maximum atomic E-state index is 13.3. The van der Waals surface area contributed by atoms with Gasteiger partial charge in [-0.15, -0.1) is 0 Å². The van der Waals surface area contributed by atoms with Crippen molar-refractivity contribution in [2.75, 3.05) is 23.0 Å². The highest BCUT2D eigenvalue weighted by atomic mass is 16.2. The highest BCUT2D eigenvalue weighted by Gasteiger charge is 2.34. The SMILES string of the molecule is CC(=O)N(C)c1ccc(Nc2cc(C)c(N)c3c2C(=O)c2ccccc2C3=O)cc1. The van der Waals surface area contributed by atoms with Crippen LogP contribution in [0.25, 0.3) is 0 Å². The van der Waals surface area contributed by atoms with Crippen molar-refractivity contribution in [2.24, 2.45) is 0 Å². The van der Waals surface area contributed by atoms with Crippen LogP contribution < -0.4 is 16.0 Å². The molecule has 0 heterocycles. The van der Waals surface area contributed by atoms with Crippen LogP contribution in [-0.4, -0.2) is 24.5 Å². The molecular formula is C24H21N3O3. The first kappa shape index (κ1) is 19.4. The van der Waals surface area contributed by atoms with E-state index >= 15 is 0 Å². The number of benzene rings is 3. The van der Waals surface area contributed by atoms with Crippen molar-refractivity contribution in [2.45, 2.75) is 13.8 Å². The van der Waals surface area contributed by atoms with Gasteiger partial charge in [-0.2, -0.15) is 0 Å². The Bertz CT molecular complexity index is 1210. The summed E-state index contributed by atoms with van der Waals surface area (Å²) in [6, 6.07) is 15.8. The van der Waals surface area contributed by atoms with Crippen LogP contribution in [0.2, 0.25) is 0 Å². The number of carbonyl (C=O) groups is 3. The zero-order valence-corrected chi connectivity index (χ0v) is 16.9. The van der Waals surface area contributed by atoms with Crippen molar-refractivity contribution in [3.05, 3.63) is 82.4 Å². The second kappa shape index (κ2) is 7.15. The van der Waals surface area contributed by atoms with Gasteiger partial charge in [-0.25, -0.2) is 0 Å². The van der Waals surface area contributed by atoms with Crippen LogP contribution in [0.15, 0.2) is 54.6 Å². The standard InChI is InChI=1S/C24H21N3O3/c1-13-12-19(26-15-8-10-16(11-9-15)27(3)14(2)28)20-21(22(13)25)24(30)18-7-5-4-6-17(18)23(20)29/h4-12,26H,25H2,1-3H3. The smallest absolute Gasteiger partial charge is 0.223 e. The fourth-order valence-corrected chi connectivity index (χ4v) is 3.66. The average molecular weight is 399 g/mol. The van der Waals surface area contributed by atoms with Gasteiger partial charge in [0.15, 0.2) is 11.6 Å². The minimum absolute atomic E-state index is 0.0679. The number of amides is 1. The Hall–Kier alpha value is -3.93. The zero-order chi connectivity index (χ0) is 21.6. The van der Waals surface area contributed by atoms with E-state index in [1.54, 1.807) is 37.4 Å². The number of nitrogens with one attached hydrogen (secondary N) is 1. The lowest BCUT2D eigenvalue weighted by molar-refractivity contribution is -0.116. The Morgan fingerprint density at radius 2 is 1.50 bits per heavy atom. The highest BCUT2D eigenvalue weighted by Crippen LogP contribution is 2.38. The molecule has 0 spiro atoms. The molecule has 0 unspecified atom stereocenters. The molecule has 4 rings (SSSR count). The molecule has 0 bridgehead atoms. The Morgan fingerprint density at radius 3 is 2.07 bits per heavy atom. The molecule has 6 nitrogen and oxygen atoms in total. The fourth-order valence-electron chi connectivity index (χ4n) is 3.66. The molecule has 150 valence electrons. The molecule has 0 saturated carbocycles. The fraction of sp³-hybridized carbons (Fsp3) is 0.125. The molecule has 6 heteroatoms. The van der Waals surface area contributed by atoms with E-state index in [0.717, 1.165) is 11.4 Å². The van der Waals surface area contributed by atoms with Crippen molar-refractivity contribution >= 4 is 40.2 Å². The van der Waals surface area contributed by atoms with Gasteiger partial charge < -0.3 is 16.0 Å². The Kier molecular flexibility index (Phi) is 4.62. The van der Waals surface area contributed by atoms with Crippen molar-refractivity contribution in [3.8, 4) is 0 Å². The Morgan fingerprint density at radius 1 is 0.933 bits per heavy atom. The number of hydrogen-bond acceptors (Lipinski definition) is 5. The molecule has 30 heavy (non-hydrogen) atoms. The second-order valence-electron chi connectivity index (χ2n) is 7.36. The topological polar surface area (TPSA) is 92.5 Å². The van der Waals surface area contributed by atoms with Gasteiger partial charge >= 0.3 is 0 Å². The molecule has 3 N–H and O–H groups in total. The van der Waals surface area contributed by atoms with E-state index in [4.69, 9.17) is 5.73 Å². The Labute approximate surface area is 174 Å². The van der Waals surface area contributed by atoms with Gasteiger partial charge in [-0.05, 0) is 42.8 Å². The molecule has 1 aliphatic carbocycles. The summed E-state index contributed by atoms with van der Waals surface area (Å²) in [6.07, 6.45) is 0. The predicted molar refractivity (Wildman–Crippen MR) is 118 cm³/mol. The molecule has 0 fully saturated rings. The van der Waals surface area contributed by atoms with Gasteiger partial charge in [-0.3, -0.25) is 14.4 Å². The number of fused-ring (bicyclic) bond motifs is 2. The summed E-state index contributed by atoms with van der Waals surface area (Å²) in [5.41, 5.74) is 10.5. The van der Waals surface area contributed by atoms with Crippen LogP contribution >= 0.6 is 0 Å². The summed E-state index contributed by atoms with van der Waals surface area (Å²) >= 11 is 0. The third-order valence-electron chi connectivity index (χ3n) is 5.45. The van der Waals surface area contributed by atoms with Gasteiger partial charge in [0.2, 0.25) is 5.91 Å². The molecular weight excluding hydrogens is 378 g/mol. The van der Waals surface area contributed by atoms with E-state index < -0.39 is 0 Å². The van der Waals surface area contributed by atoms with Crippen LogP contribution in [0.3, 0.4) is 0 Å². The first-order valence-electron chi connectivity index (χ1n) is 9.52. The summed E-state index contributed by atoms with van der Waals surface area (Å²) in [5, 5.41) is 3.25. The van der Waals surface area contributed by atoms with Crippen LogP contribution in [-0.2, 0) is 4.79 Å². The molecule has 0 aliphatic heterocycles. The third-order valence-corrected chi connectivity index (χ3v) is 5.45. The zero-order valence-electron chi connectivity index (χ0n) is 16.9. The minimum atomic E-state index is -0.247. The van der Waals surface area contributed by atoms with Crippen LogP contribution in [0, 0.1) is 6.92 Å². The number of ketones is 2. The summed E-state index contributed by atoms with van der Waals surface area (Å²) in [7, 11) is 1.70. The van der Waals surface area contributed by atoms with E-state index in [9.17, 15) is 14.4 Å². The molecule has 0 saturated heterocycles. The maximum Gasteiger partial charge on any atom is 0.223 e. The van der Waals surface area contributed by atoms with E-state index in [2.05, 4.69) is 5.32 Å². The van der Waals surface area contributed by atoms with E-state index in [0.29, 0.717) is 28.1 Å². The lowest BCUT2D eigenvalue weighted by Gasteiger charge is -2.23. The second-order valence-corrected chi connectivity index (χ2v) is 7.36. The molecule has 0 atom stereocenters. The molecule has 3 aromatic carbocycles. The van der Waals surface area contributed by atoms with Gasteiger partial charge in [0.1, 0.15) is 0 Å². The largest absolute Gasteiger partial charge is 0.398 e. The lowest BCUT2D eigenvalue weighted by Crippen LogP contribution is -2.24. The first-order chi connectivity index (χ1) is 14.3. The Balaban J connectivity index is 1.79. The first-order valence-corrected chi connectivity index (χ1v) is 9.52. The summed E-state index contributed by atoms with van der Waals surface area (Å²) < 4.78 is 0. The molecule has 1 aliphatic rings. The van der Waals surface area contributed by atoms with E-state index in [1.807, 2.05) is 31.2 Å². The van der Waals surface area contributed by atoms with Gasteiger partial charge in [-0.1, -0.05) is 24.3 Å². The quantitative estimate of drug-likeness (QED) is 0.507. The number of rotatable bonds is 3. The normalized spacial score (nSPS) is 12.2. The van der Waals surface area contributed by atoms with Gasteiger partial charge in [0.05, 0.1) is 16.8 Å². The summed E-state index contributed by atoms with van der Waals surface area (Å²) in [4.78, 5) is 39.5. The molecule has 0 radical (unpaired) electrons. The van der Waals surface area contributed by atoms with Gasteiger partial charge in [0, 0.05) is 42.2 Å². The van der Waals surface area contributed by atoms with Crippen LogP contribution in [0.5, 0.6) is 0 Å². The monoisotopic (exact) mass is 399 g/mol. The molecule has 1 amide bonds. The van der Waals surface area contributed by atoms with Crippen molar-refractivity contribution < 1.29 is 14.4 Å². The molecule has 0 aromatic heterocycles. The number of nitrogen functional groups attached to an aromatic ring is 1. The average Bonchev–Trinajstić information content (AvgIpc) is 2.74. The molecule has 3 aromatic rings. The number of nitrogens with two attached hydrogens (primary N) is 1. The van der Waals surface area contributed by atoms with E-state index in [-0.39, 0.29) is 28.6 Å². The maximum absolute atomic E-state index is 13.3. The van der Waals surface area contributed by atoms with E-state index in [1.165, 1.54) is 11.8 Å².